The molecule has 1 unspecified atom stereocenters. The van der Waals surface area contributed by atoms with Crippen molar-refractivity contribution in [2.24, 2.45) is 0 Å². The molecule has 0 N–H and O–H groups in total. The molecule has 1 fully saturated rings. The Hall–Kier alpha value is -0.340. The van der Waals surface area contributed by atoms with Crippen LogP contribution < -0.4 is 0 Å². The van der Waals surface area contributed by atoms with Gasteiger partial charge in [-0.2, -0.15) is 0 Å². The lowest BCUT2D eigenvalue weighted by molar-refractivity contribution is 0.397. The fourth-order valence-corrected chi connectivity index (χ4v) is 2.11. The summed E-state index contributed by atoms with van der Waals surface area (Å²) in [6.07, 6.45) is 2.99. The Morgan fingerprint density at radius 1 is 1.73 bits per heavy atom. The fourth-order valence-electron chi connectivity index (χ4n) is 1.19. The maximum atomic E-state index is 5.15. The highest BCUT2D eigenvalue weighted by atomic mass is 32.1. The summed E-state index contributed by atoms with van der Waals surface area (Å²) < 4.78 is 5.15. The van der Waals surface area contributed by atoms with Crippen molar-refractivity contribution in [2.45, 2.75) is 25.9 Å². The maximum Gasteiger partial charge on any atom is 0.0813 e. The van der Waals surface area contributed by atoms with Gasteiger partial charge in [0, 0.05) is 4.88 Å². The third-order valence-electron chi connectivity index (χ3n) is 2.06. The predicted molar refractivity (Wildman–Crippen MR) is 47.1 cm³/mol. The summed E-state index contributed by atoms with van der Waals surface area (Å²) in [5, 5.41) is 2.17. The number of rotatable bonds is 3. The van der Waals surface area contributed by atoms with Gasteiger partial charge in [0.25, 0.3) is 0 Å². The number of thiophene rings is 1. The molecule has 2 rings (SSSR count). The summed E-state index contributed by atoms with van der Waals surface area (Å²) in [7, 11) is 0. The SMILES string of the molecule is Cc1ccsc1CCC1CO1. The van der Waals surface area contributed by atoms with E-state index in [1.165, 1.54) is 23.3 Å². The molecule has 1 nitrogen and oxygen atoms in total. The smallest absolute Gasteiger partial charge is 0.0813 e. The van der Waals surface area contributed by atoms with Crippen LogP contribution in [0.1, 0.15) is 16.9 Å². The van der Waals surface area contributed by atoms with Crippen LogP contribution in [0.3, 0.4) is 0 Å². The van der Waals surface area contributed by atoms with Gasteiger partial charge < -0.3 is 4.74 Å². The summed E-state index contributed by atoms with van der Waals surface area (Å²) >= 11 is 1.86. The quantitative estimate of drug-likeness (QED) is 0.631. The van der Waals surface area contributed by atoms with Gasteiger partial charge in [0.2, 0.25) is 0 Å². The van der Waals surface area contributed by atoms with Crippen LogP contribution in [0.5, 0.6) is 0 Å². The van der Waals surface area contributed by atoms with E-state index in [-0.39, 0.29) is 0 Å². The molecule has 60 valence electrons. The van der Waals surface area contributed by atoms with Crippen molar-refractivity contribution in [1.82, 2.24) is 0 Å². The second-order valence-corrected chi connectivity index (χ2v) is 4.02. The summed E-state index contributed by atoms with van der Waals surface area (Å²) in [5.41, 5.74) is 1.44. The van der Waals surface area contributed by atoms with E-state index in [9.17, 15) is 0 Å². The van der Waals surface area contributed by atoms with Gasteiger partial charge in [-0.15, -0.1) is 11.3 Å². The van der Waals surface area contributed by atoms with Crippen molar-refractivity contribution in [3.8, 4) is 0 Å². The van der Waals surface area contributed by atoms with Crippen molar-refractivity contribution < 1.29 is 4.74 Å². The molecule has 0 aromatic carbocycles. The average molecular weight is 168 g/mol. The summed E-state index contributed by atoms with van der Waals surface area (Å²) in [6.45, 7) is 3.17. The van der Waals surface area contributed by atoms with Crippen LogP contribution in [-0.4, -0.2) is 12.7 Å². The van der Waals surface area contributed by atoms with Crippen molar-refractivity contribution in [1.29, 1.82) is 0 Å². The first-order valence-electron chi connectivity index (χ1n) is 4.01. The van der Waals surface area contributed by atoms with Gasteiger partial charge in [0.1, 0.15) is 0 Å². The Balaban J connectivity index is 1.89. The molecule has 1 aliphatic heterocycles. The fraction of sp³-hybridized carbons (Fsp3) is 0.556. The van der Waals surface area contributed by atoms with Crippen molar-refractivity contribution in [2.75, 3.05) is 6.61 Å². The van der Waals surface area contributed by atoms with Gasteiger partial charge in [-0.3, -0.25) is 0 Å². The van der Waals surface area contributed by atoms with Crippen LogP contribution in [0.15, 0.2) is 11.4 Å². The van der Waals surface area contributed by atoms with Gasteiger partial charge in [-0.1, -0.05) is 0 Å². The molecular formula is C9H12OS. The Kier molecular flexibility index (Phi) is 1.96. The third-order valence-corrected chi connectivity index (χ3v) is 3.15. The first-order valence-corrected chi connectivity index (χ1v) is 4.89. The zero-order valence-corrected chi connectivity index (χ0v) is 7.49. The van der Waals surface area contributed by atoms with E-state index < -0.39 is 0 Å². The van der Waals surface area contributed by atoms with Crippen LogP contribution in [0.2, 0.25) is 0 Å². The van der Waals surface area contributed by atoms with E-state index in [1.54, 1.807) is 0 Å². The molecule has 0 amide bonds. The van der Waals surface area contributed by atoms with Crippen LogP contribution in [0.4, 0.5) is 0 Å². The summed E-state index contributed by atoms with van der Waals surface area (Å²) in [4.78, 5) is 1.53. The Bertz CT molecular complexity index is 237. The van der Waals surface area contributed by atoms with Crippen molar-refractivity contribution in [3.63, 3.8) is 0 Å². The molecule has 1 aromatic heterocycles. The second kappa shape index (κ2) is 2.95. The summed E-state index contributed by atoms with van der Waals surface area (Å²) in [5.74, 6) is 0. The van der Waals surface area contributed by atoms with Gasteiger partial charge in [0.15, 0.2) is 0 Å². The van der Waals surface area contributed by atoms with Crippen LogP contribution in [0, 0.1) is 6.92 Å². The van der Waals surface area contributed by atoms with E-state index in [0.717, 1.165) is 6.61 Å². The number of hydrogen-bond donors (Lipinski definition) is 0. The Labute approximate surface area is 71.0 Å². The molecule has 1 aliphatic rings. The van der Waals surface area contributed by atoms with Gasteiger partial charge in [-0.25, -0.2) is 0 Å². The van der Waals surface area contributed by atoms with Gasteiger partial charge in [0.05, 0.1) is 12.7 Å². The molecule has 0 bridgehead atoms. The van der Waals surface area contributed by atoms with Crippen LogP contribution in [0.25, 0.3) is 0 Å². The average Bonchev–Trinajstić information content (AvgIpc) is 2.73. The molecule has 0 spiro atoms. The van der Waals surface area contributed by atoms with Gasteiger partial charge >= 0.3 is 0 Å². The monoisotopic (exact) mass is 168 g/mol. The largest absolute Gasteiger partial charge is 0.373 e. The molecule has 0 aliphatic carbocycles. The topological polar surface area (TPSA) is 12.5 Å². The molecule has 1 atom stereocenters. The molecule has 2 heterocycles. The second-order valence-electron chi connectivity index (χ2n) is 3.02. The van der Waals surface area contributed by atoms with Crippen molar-refractivity contribution >= 4 is 11.3 Å². The molecule has 1 saturated heterocycles. The Morgan fingerprint density at radius 3 is 3.09 bits per heavy atom. The van der Waals surface area contributed by atoms with Crippen molar-refractivity contribution in [3.05, 3.63) is 21.9 Å². The van der Waals surface area contributed by atoms with E-state index in [1.807, 2.05) is 11.3 Å². The van der Waals surface area contributed by atoms with Crippen LogP contribution >= 0.6 is 11.3 Å². The Morgan fingerprint density at radius 2 is 2.55 bits per heavy atom. The minimum absolute atomic E-state index is 0.580. The lowest BCUT2D eigenvalue weighted by Crippen LogP contribution is -1.89. The minimum atomic E-state index is 0.580. The highest BCUT2D eigenvalue weighted by molar-refractivity contribution is 7.10. The maximum absolute atomic E-state index is 5.15. The molecular weight excluding hydrogens is 156 g/mol. The molecule has 2 heteroatoms. The minimum Gasteiger partial charge on any atom is -0.373 e. The molecule has 11 heavy (non-hydrogen) atoms. The first-order chi connectivity index (χ1) is 5.36. The number of hydrogen-bond acceptors (Lipinski definition) is 2. The number of epoxide rings is 1. The lowest BCUT2D eigenvalue weighted by atomic mass is 10.2. The molecule has 0 saturated carbocycles. The number of aryl methyl sites for hydroxylation is 2. The highest BCUT2D eigenvalue weighted by Gasteiger charge is 2.21. The highest BCUT2D eigenvalue weighted by Crippen LogP contribution is 2.22. The van der Waals surface area contributed by atoms with E-state index in [4.69, 9.17) is 4.74 Å². The molecule has 0 radical (unpaired) electrons. The zero-order chi connectivity index (χ0) is 7.68. The van der Waals surface area contributed by atoms with Gasteiger partial charge in [-0.05, 0) is 36.8 Å². The van der Waals surface area contributed by atoms with E-state index in [0.29, 0.717) is 6.10 Å². The third kappa shape index (κ3) is 1.82. The normalized spacial score (nSPS) is 22.1. The predicted octanol–water partition coefficient (Wildman–Crippen LogP) is 2.39. The zero-order valence-electron chi connectivity index (χ0n) is 6.67. The van der Waals surface area contributed by atoms with E-state index in [2.05, 4.69) is 18.4 Å². The summed E-state index contributed by atoms with van der Waals surface area (Å²) in [6, 6.07) is 2.19. The lowest BCUT2D eigenvalue weighted by Gasteiger charge is -1.95. The molecule has 1 aromatic rings. The van der Waals surface area contributed by atoms with E-state index >= 15 is 0 Å². The standard InChI is InChI=1S/C9H12OS/c1-7-4-5-11-9(7)3-2-8-6-10-8/h4-5,8H,2-3,6H2,1H3. The number of ether oxygens (including phenoxy) is 1. The first kappa shape index (κ1) is 7.32. The van der Waals surface area contributed by atoms with Crippen LogP contribution in [-0.2, 0) is 11.2 Å².